The van der Waals surface area contributed by atoms with Crippen molar-refractivity contribution in [2.24, 2.45) is 0 Å². The van der Waals surface area contributed by atoms with Crippen molar-refractivity contribution in [1.82, 2.24) is 0 Å². The van der Waals surface area contributed by atoms with Gasteiger partial charge in [-0.3, -0.25) is 0 Å². The van der Waals surface area contributed by atoms with Crippen LogP contribution in [0.2, 0.25) is 0 Å². The van der Waals surface area contributed by atoms with E-state index in [1.165, 1.54) is 16.7 Å². The predicted molar refractivity (Wildman–Crippen MR) is 52.6 cm³/mol. The van der Waals surface area contributed by atoms with Gasteiger partial charge >= 0.3 is 0 Å². The summed E-state index contributed by atoms with van der Waals surface area (Å²) in [6, 6.07) is 0. The average Bonchev–Trinajstić information content (AvgIpc) is 1.87. The zero-order valence-electron chi connectivity index (χ0n) is 8.07. The van der Waals surface area contributed by atoms with Gasteiger partial charge in [0.2, 0.25) is 0 Å². The van der Waals surface area contributed by atoms with Crippen LogP contribution in [0.25, 0.3) is 0 Å². The molecular weight excluding hydrogens is 132 g/mol. The summed E-state index contributed by atoms with van der Waals surface area (Å²) in [5.74, 6) is 0. The van der Waals surface area contributed by atoms with Crippen molar-refractivity contribution in [3.05, 3.63) is 35.5 Å². The van der Waals surface area contributed by atoms with E-state index in [0.717, 1.165) is 6.42 Å². The van der Waals surface area contributed by atoms with Gasteiger partial charge in [-0.2, -0.15) is 0 Å². The van der Waals surface area contributed by atoms with E-state index in [0.29, 0.717) is 0 Å². The number of hydrogen-bond acceptors (Lipinski definition) is 0. The van der Waals surface area contributed by atoms with E-state index in [4.69, 9.17) is 0 Å². The van der Waals surface area contributed by atoms with Crippen molar-refractivity contribution < 1.29 is 0 Å². The summed E-state index contributed by atoms with van der Waals surface area (Å²) in [6.07, 6.45) is 5.26. The van der Waals surface area contributed by atoms with Crippen LogP contribution in [0, 0.1) is 0 Å². The molecule has 0 saturated carbocycles. The lowest BCUT2D eigenvalue weighted by atomic mass is 10.0. The third kappa shape index (κ3) is 3.82. The molecule has 0 unspecified atom stereocenters. The smallest absolute Gasteiger partial charge is 0.00958 e. The van der Waals surface area contributed by atoms with Gasteiger partial charge in [0, 0.05) is 0 Å². The maximum atomic E-state index is 3.94. The fourth-order valence-corrected chi connectivity index (χ4v) is 1.04. The Labute approximate surface area is 70.3 Å². The highest BCUT2D eigenvalue weighted by molar-refractivity contribution is 5.31. The van der Waals surface area contributed by atoms with Gasteiger partial charge in [-0.15, -0.1) is 0 Å². The Kier molecular flexibility index (Phi) is 4.60. The molecule has 0 aromatic heterocycles. The number of allylic oxidation sites excluding steroid dienone is 5. The van der Waals surface area contributed by atoms with E-state index >= 15 is 0 Å². The first-order valence-electron chi connectivity index (χ1n) is 4.03. The second-order valence-corrected chi connectivity index (χ2v) is 3.03. The third-order valence-electron chi connectivity index (χ3n) is 1.68. The average molecular weight is 150 g/mol. The van der Waals surface area contributed by atoms with Crippen molar-refractivity contribution in [3.8, 4) is 0 Å². The molecule has 0 saturated heterocycles. The molecule has 0 atom stereocenters. The van der Waals surface area contributed by atoms with E-state index in [2.05, 4.69) is 39.5 Å². The number of rotatable bonds is 3. The van der Waals surface area contributed by atoms with Crippen molar-refractivity contribution in [2.75, 3.05) is 0 Å². The van der Waals surface area contributed by atoms with Crippen molar-refractivity contribution in [1.29, 1.82) is 0 Å². The van der Waals surface area contributed by atoms with Crippen molar-refractivity contribution >= 4 is 0 Å². The zero-order chi connectivity index (χ0) is 8.85. The highest BCUT2D eigenvalue weighted by Gasteiger charge is 1.96. The summed E-state index contributed by atoms with van der Waals surface area (Å²) in [6.45, 7) is 12.3. The molecule has 0 aliphatic heterocycles. The van der Waals surface area contributed by atoms with E-state index in [1.54, 1.807) is 0 Å². The van der Waals surface area contributed by atoms with Gasteiger partial charge < -0.3 is 0 Å². The Bertz CT molecular complexity index is 188. The normalized spacial score (nSPS) is 10.2. The van der Waals surface area contributed by atoms with Gasteiger partial charge in [-0.05, 0) is 39.7 Å². The van der Waals surface area contributed by atoms with Gasteiger partial charge in [0.1, 0.15) is 0 Å². The van der Waals surface area contributed by atoms with Gasteiger partial charge in [0.05, 0.1) is 0 Å². The molecule has 0 aliphatic rings. The summed E-state index contributed by atoms with van der Waals surface area (Å²) in [4.78, 5) is 0. The van der Waals surface area contributed by atoms with Crippen LogP contribution in [0.5, 0.6) is 0 Å². The van der Waals surface area contributed by atoms with Crippen LogP contribution in [0.15, 0.2) is 35.5 Å². The van der Waals surface area contributed by atoms with Crippen LogP contribution in [-0.2, 0) is 0 Å². The number of hydrogen-bond donors (Lipinski definition) is 0. The first kappa shape index (κ1) is 10.2. The Balaban J connectivity index is 4.38. The van der Waals surface area contributed by atoms with E-state index < -0.39 is 0 Å². The fraction of sp³-hybridized carbons (Fsp3) is 0.455. The second kappa shape index (κ2) is 4.95. The first-order chi connectivity index (χ1) is 5.09. The summed E-state index contributed by atoms with van der Waals surface area (Å²) >= 11 is 0. The minimum atomic E-state index is 1.02. The summed E-state index contributed by atoms with van der Waals surface area (Å²) in [7, 11) is 0. The molecule has 0 aliphatic carbocycles. The molecule has 62 valence electrons. The van der Waals surface area contributed by atoms with Crippen LogP contribution in [-0.4, -0.2) is 0 Å². The van der Waals surface area contributed by atoms with Gasteiger partial charge in [-0.1, -0.05) is 29.9 Å². The third-order valence-corrected chi connectivity index (χ3v) is 1.68. The van der Waals surface area contributed by atoms with E-state index in [1.807, 2.05) is 6.92 Å². The molecule has 0 heterocycles. The van der Waals surface area contributed by atoms with Crippen molar-refractivity contribution in [2.45, 2.75) is 34.1 Å². The summed E-state index contributed by atoms with van der Waals surface area (Å²) in [5, 5.41) is 0. The fourth-order valence-electron chi connectivity index (χ4n) is 1.04. The molecule has 0 N–H and O–H groups in total. The molecular formula is C11H18. The topological polar surface area (TPSA) is 0 Å². The Morgan fingerprint density at radius 1 is 1.27 bits per heavy atom. The monoisotopic (exact) mass is 150 g/mol. The molecule has 0 spiro atoms. The molecule has 11 heavy (non-hydrogen) atoms. The largest absolute Gasteiger partial charge is 0.0958 e. The van der Waals surface area contributed by atoms with Crippen LogP contribution in [0.3, 0.4) is 0 Å². The van der Waals surface area contributed by atoms with Gasteiger partial charge in [0.25, 0.3) is 0 Å². The summed E-state index contributed by atoms with van der Waals surface area (Å²) in [5.41, 5.74) is 3.93. The Morgan fingerprint density at radius 3 is 2.09 bits per heavy atom. The SMILES string of the molecule is C=C(C)C(C/C=C/C)=C(C)C. The molecule has 0 radical (unpaired) electrons. The van der Waals surface area contributed by atoms with E-state index in [9.17, 15) is 0 Å². The van der Waals surface area contributed by atoms with E-state index in [-0.39, 0.29) is 0 Å². The lowest BCUT2D eigenvalue weighted by molar-refractivity contribution is 1.14. The maximum absolute atomic E-state index is 3.94. The van der Waals surface area contributed by atoms with Crippen LogP contribution in [0.1, 0.15) is 34.1 Å². The minimum Gasteiger partial charge on any atom is -0.0958 e. The van der Waals surface area contributed by atoms with Crippen LogP contribution >= 0.6 is 0 Å². The predicted octanol–water partition coefficient (Wildman–Crippen LogP) is 3.87. The summed E-state index contributed by atoms with van der Waals surface area (Å²) < 4.78 is 0. The molecule has 0 rings (SSSR count). The van der Waals surface area contributed by atoms with Gasteiger partial charge in [-0.25, -0.2) is 0 Å². The van der Waals surface area contributed by atoms with Gasteiger partial charge in [0.15, 0.2) is 0 Å². The molecule has 0 fully saturated rings. The Morgan fingerprint density at radius 2 is 1.82 bits per heavy atom. The lowest BCUT2D eigenvalue weighted by Gasteiger charge is -2.05. The maximum Gasteiger partial charge on any atom is -0.00958 e. The highest BCUT2D eigenvalue weighted by Crippen LogP contribution is 2.16. The van der Waals surface area contributed by atoms with Crippen LogP contribution < -0.4 is 0 Å². The molecule has 0 heteroatoms. The molecule has 0 aromatic rings. The quantitative estimate of drug-likeness (QED) is 0.423. The highest BCUT2D eigenvalue weighted by atomic mass is 14.0. The molecule has 0 bridgehead atoms. The molecule has 0 amide bonds. The van der Waals surface area contributed by atoms with Crippen LogP contribution in [0.4, 0.5) is 0 Å². The zero-order valence-corrected chi connectivity index (χ0v) is 8.07. The molecule has 0 aromatic carbocycles. The Hall–Kier alpha value is -0.780. The first-order valence-corrected chi connectivity index (χ1v) is 4.03. The minimum absolute atomic E-state index is 1.02. The molecule has 0 nitrogen and oxygen atoms in total. The standard InChI is InChI=1S/C11H18/c1-6-7-8-11(9(2)3)10(4)5/h6-7H,2,8H2,1,3-5H3/b7-6+. The second-order valence-electron chi connectivity index (χ2n) is 3.03. The lowest BCUT2D eigenvalue weighted by Crippen LogP contribution is -1.85. The van der Waals surface area contributed by atoms with Crippen molar-refractivity contribution in [3.63, 3.8) is 0 Å².